The molecule has 4 aliphatic rings. The maximum absolute atomic E-state index is 14.1. The van der Waals surface area contributed by atoms with E-state index < -0.39 is 58.0 Å². The van der Waals surface area contributed by atoms with Gasteiger partial charge in [0.15, 0.2) is 11.4 Å². The third-order valence-electron chi connectivity index (χ3n) is 9.35. The number of thioether (sulfide) groups is 1. The molecule has 4 atom stereocenters. The topological polar surface area (TPSA) is 177 Å². The molecule has 1 heterocycles. The van der Waals surface area contributed by atoms with Crippen molar-refractivity contribution in [2.24, 2.45) is 23.5 Å². The van der Waals surface area contributed by atoms with Gasteiger partial charge in [0.05, 0.1) is 11.6 Å². The number of aliphatic hydroxyl groups excluding tert-OH is 2. The lowest BCUT2D eigenvalue weighted by molar-refractivity contribution is -0.153. The number of aliphatic hydroxyl groups is 3. The number of nitrogens with two attached hydrogens (primary N) is 1. The van der Waals surface area contributed by atoms with Crippen molar-refractivity contribution in [3.8, 4) is 5.75 Å². The first-order valence-electron chi connectivity index (χ1n) is 14.3. The third kappa shape index (κ3) is 5.22. The standard InChI is InChI=1S/C30H40N4O7S.CH4/c1-33(2)19-11-16(13-32-12-14-5-7-42-8-6-14)24(35)21-17(19)9-15-10-18-23(34(3)4)26(37)22(29(31)40)28(39)30(18,41)27(38)20(15)25(21)36;/h11,14-15,18,23,32,35-36,39,41H,5-10,12-13H2,1-4H3,(H2,31,40);1H4/t15-,18-,23?,30-;/m0./s1. The van der Waals surface area contributed by atoms with Crippen LogP contribution >= 0.6 is 11.8 Å². The molecular formula is C31H44N4O7S. The summed E-state index contributed by atoms with van der Waals surface area (Å²) in [5.41, 5.74) is 3.88. The summed E-state index contributed by atoms with van der Waals surface area (Å²) in [6, 6.07) is 0.776. The number of aromatic hydroxyl groups is 1. The number of fused-ring (bicyclic) bond motifs is 3. The molecule has 7 N–H and O–H groups in total. The van der Waals surface area contributed by atoms with Gasteiger partial charge in [-0.05, 0) is 81.3 Å². The monoisotopic (exact) mass is 616 g/mol. The minimum Gasteiger partial charge on any atom is -0.508 e. The van der Waals surface area contributed by atoms with Crippen LogP contribution in [0.5, 0.6) is 5.75 Å². The van der Waals surface area contributed by atoms with Crippen LogP contribution in [-0.4, -0.2) is 101 Å². The van der Waals surface area contributed by atoms with Gasteiger partial charge in [-0.15, -0.1) is 0 Å². The number of phenols is 1. The van der Waals surface area contributed by atoms with Crippen LogP contribution in [0.1, 0.15) is 43.4 Å². The van der Waals surface area contributed by atoms with E-state index in [1.165, 1.54) is 4.90 Å². The molecule has 5 rings (SSSR count). The summed E-state index contributed by atoms with van der Waals surface area (Å²) in [6.45, 7) is 1.16. The van der Waals surface area contributed by atoms with E-state index >= 15 is 0 Å². The average molecular weight is 617 g/mol. The number of benzene rings is 1. The molecule has 43 heavy (non-hydrogen) atoms. The number of likely N-dealkylation sites (N-methyl/N-ethyl adjacent to an activating group) is 1. The number of carbonyl (C=O) groups excluding carboxylic acids is 3. The van der Waals surface area contributed by atoms with Gasteiger partial charge in [0.25, 0.3) is 5.91 Å². The smallest absolute Gasteiger partial charge is 0.255 e. The summed E-state index contributed by atoms with van der Waals surface area (Å²) >= 11 is 1.96. The maximum Gasteiger partial charge on any atom is 0.255 e. The Morgan fingerprint density at radius 2 is 1.79 bits per heavy atom. The van der Waals surface area contributed by atoms with E-state index in [0.717, 1.165) is 36.6 Å². The Labute approximate surface area is 256 Å². The van der Waals surface area contributed by atoms with Crippen molar-refractivity contribution in [3.05, 3.63) is 39.7 Å². The van der Waals surface area contributed by atoms with Crippen molar-refractivity contribution in [3.63, 3.8) is 0 Å². The van der Waals surface area contributed by atoms with E-state index in [0.29, 0.717) is 23.6 Å². The molecule has 12 heteroatoms. The van der Waals surface area contributed by atoms with Gasteiger partial charge in [-0.3, -0.25) is 19.3 Å². The predicted molar refractivity (Wildman–Crippen MR) is 167 cm³/mol. The highest BCUT2D eigenvalue weighted by atomic mass is 32.2. The van der Waals surface area contributed by atoms with Gasteiger partial charge in [0.1, 0.15) is 22.8 Å². The van der Waals surface area contributed by atoms with Crippen molar-refractivity contribution in [2.75, 3.05) is 51.1 Å². The molecule has 1 aromatic carbocycles. The minimum atomic E-state index is -2.65. The molecule has 0 aromatic heterocycles. The molecule has 0 spiro atoms. The quantitative estimate of drug-likeness (QED) is 0.247. The number of Topliss-reactive ketones (excluding diaryl/α,β-unsaturated/α-hetero) is 2. The number of carbonyl (C=O) groups is 3. The van der Waals surface area contributed by atoms with Crippen LogP contribution in [0.3, 0.4) is 0 Å². The molecule has 1 aromatic rings. The second-order valence-corrected chi connectivity index (χ2v) is 13.5. The molecule has 1 unspecified atom stereocenters. The molecular weight excluding hydrogens is 572 g/mol. The summed E-state index contributed by atoms with van der Waals surface area (Å²) in [6.07, 6.45) is 2.58. The Kier molecular flexibility index (Phi) is 9.28. The Hall–Kier alpha value is -3.06. The number of phenolic OH excluding ortho intramolecular Hbond substituents is 1. The first kappa shape index (κ1) is 32.8. The highest BCUT2D eigenvalue weighted by Crippen LogP contribution is 2.54. The summed E-state index contributed by atoms with van der Waals surface area (Å²) in [5, 5.41) is 49.4. The Morgan fingerprint density at radius 3 is 2.37 bits per heavy atom. The van der Waals surface area contributed by atoms with E-state index in [2.05, 4.69) is 5.32 Å². The van der Waals surface area contributed by atoms with Crippen LogP contribution in [0.25, 0.3) is 5.76 Å². The van der Waals surface area contributed by atoms with Crippen LogP contribution in [0.4, 0.5) is 5.69 Å². The average Bonchev–Trinajstić information content (AvgIpc) is 2.92. The van der Waals surface area contributed by atoms with Crippen molar-refractivity contribution in [1.29, 1.82) is 0 Å². The van der Waals surface area contributed by atoms with Gasteiger partial charge in [0, 0.05) is 43.4 Å². The number of nitrogens with one attached hydrogen (secondary N) is 1. The predicted octanol–water partition coefficient (Wildman–Crippen LogP) is 1.90. The van der Waals surface area contributed by atoms with Crippen LogP contribution in [0.15, 0.2) is 23.0 Å². The number of ketones is 2. The van der Waals surface area contributed by atoms with Crippen LogP contribution < -0.4 is 16.0 Å². The van der Waals surface area contributed by atoms with E-state index in [1.54, 1.807) is 14.1 Å². The molecule has 3 aliphatic carbocycles. The summed E-state index contributed by atoms with van der Waals surface area (Å²) in [7, 11) is 6.89. The molecule has 2 fully saturated rings. The highest BCUT2D eigenvalue weighted by Gasteiger charge is 2.64. The molecule has 0 radical (unpaired) electrons. The van der Waals surface area contributed by atoms with Crippen molar-refractivity contribution < 1.29 is 34.8 Å². The molecule has 0 bridgehead atoms. The largest absolute Gasteiger partial charge is 0.508 e. The van der Waals surface area contributed by atoms with Gasteiger partial charge in [-0.2, -0.15) is 11.8 Å². The minimum absolute atomic E-state index is 0. The fourth-order valence-corrected chi connectivity index (χ4v) is 8.45. The van der Waals surface area contributed by atoms with Gasteiger partial charge in [0.2, 0.25) is 5.78 Å². The van der Waals surface area contributed by atoms with E-state index in [-0.39, 0.29) is 37.2 Å². The van der Waals surface area contributed by atoms with Crippen molar-refractivity contribution in [2.45, 2.75) is 51.3 Å². The zero-order valence-corrected chi connectivity index (χ0v) is 25.3. The number of rotatable bonds is 7. The van der Waals surface area contributed by atoms with E-state index in [4.69, 9.17) is 5.73 Å². The van der Waals surface area contributed by atoms with Gasteiger partial charge in [-0.25, -0.2) is 0 Å². The van der Waals surface area contributed by atoms with Crippen molar-refractivity contribution >= 4 is 40.7 Å². The second-order valence-electron chi connectivity index (χ2n) is 12.3. The fourth-order valence-electron chi connectivity index (χ4n) is 7.24. The molecule has 1 amide bonds. The molecule has 236 valence electrons. The molecule has 1 saturated carbocycles. The second kappa shape index (κ2) is 12.1. The number of anilines is 1. The Morgan fingerprint density at radius 1 is 1.14 bits per heavy atom. The molecule has 1 saturated heterocycles. The van der Waals surface area contributed by atoms with E-state index in [9.17, 15) is 34.8 Å². The summed E-state index contributed by atoms with van der Waals surface area (Å²) in [4.78, 5) is 42.9. The normalized spacial score (nSPS) is 27.4. The summed E-state index contributed by atoms with van der Waals surface area (Å²) in [5.74, 6) is -3.62. The zero-order valence-electron chi connectivity index (χ0n) is 24.4. The van der Waals surface area contributed by atoms with Gasteiger partial charge in [-0.1, -0.05) is 7.43 Å². The first-order valence-corrected chi connectivity index (χ1v) is 15.4. The van der Waals surface area contributed by atoms with Gasteiger partial charge < -0.3 is 36.4 Å². The molecule has 11 nitrogen and oxygen atoms in total. The van der Waals surface area contributed by atoms with Crippen molar-refractivity contribution in [1.82, 2.24) is 10.2 Å². The lowest BCUT2D eigenvalue weighted by atomic mass is 9.57. The van der Waals surface area contributed by atoms with Gasteiger partial charge >= 0.3 is 0 Å². The first-order chi connectivity index (χ1) is 19.8. The van der Waals surface area contributed by atoms with E-state index in [1.807, 2.05) is 36.8 Å². The number of hydrogen-bond acceptors (Lipinski definition) is 11. The Bertz CT molecular complexity index is 1400. The third-order valence-corrected chi connectivity index (χ3v) is 10.4. The number of hydrogen-bond donors (Lipinski definition) is 6. The van der Waals surface area contributed by atoms with Crippen LogP contribution in [0, 0.1) is 17.8 Å². The Balaban J connectivity index is 0.00000423. The number of primary amides is 1. The van der Waals surface area contributed by atoms with Crippen LogP contribution in [-0.2, 0) is 27.3 Å². The van der Waals surface area contributed by atoms with Crippen LogP contribution in [0.2, 0.25) is 0 Å². The number of nitrogens with zero attached hydrogens (tertiary/aromatic N) is 2. The summed E-state index contributed by atoms with van der Waals surface area (Å²) < 4.78 is 0. The number of amides is 1. The highest BCUT2D eigenvalue weighted by molar-refractivity contribution is 7.99. The maximum atomic E-state index is 14.1. The zero-order chi connectivity index (χ0) is 30.7. The SMILES string of the molecule is C.CN(C)c1cc(CNCC2CCSCC2)c(O)c2c1C[C@H]1C[C@H]3C(N(C)C)C(=O)C(C(N)=O)=C(O)[C@@]3(O)C(=O)C1=C2O. The molecule has 1 aliphatic heterocycles. The fraction of sp³-hybridized carbons (Fsp3) is 0.581. The lowest BCUT2D eigenvalue weighted by Gasteiger charge is -2.50. The lowest BCUT2D eigenvalue weighted by Crippen LogP contribution is -2.65.